The highest BCUT2D eigenvalue weighted by Gasteiger charge is 2.33. The maximum Gasteiger partial charge on any atom is 0.370 e. The van der Waals surface area contributed by atoms with Crippen LogP contribution in [0.3, 0.4) is 0 Å². The fourth-order valence-electron chi connectivity index (χ4n) is 3.08. The molecule has 5 nitrogen and oxygen atoms in total. The van der Waals surface area contributed by atoms with Gasteiger partial charge < -0.3 is 14.6 Å². The summed E-state index contributed by atoms with van der Waals surface area (Å²) >= 11 is 9.15. The molecule has 1 aromatic carbocycles. The van der Waals surface area contributed by atoms with Crippen LogP contribution in [0.25, 0.3) is 15.6 Å². The molecule has 0 saturated heterocycles. The third-order valence-corrected chi connectivity index (χ3v) is 8.80. The molecule has 3 aromatic rings. The first kappa shape index (κ1) is 20.2. The van der Waals surface area contributed by atoms with Gasteiger partial charge in [-0.25, -0.2) is 4.79 Å². The number of aliphatic carboxylic acids is 1. The summed E-state index contributed by atoms with van der Waals surface area (Å²) < 4.78 is 13.8. The third-order valence-electron chi connectivity index (χ3n) is 4.27. The molecular formula is C18H16BrN2O3S4+. The fourth-order valence-corrected chi connectivity index (χ4v) is 7.37. The smallest absolute Gasteiger partial charge is 0.370 e. The average molecular weight is 517 g/mol. The second kappa shape index (κ2) is 8.37. The number of anilines is 1. The Kier molecular flexibility index (Phi) is 6.05. The molecule has 1 aliphatic rings. The summed E-state index contributed by atoms with van der Waals surface area (Å²) in [4.78, 5) is 15.6. The van der Waals surface area contributed by atoms with E-state index in [1.807, 2.05) is 35.1 Å². The Morgan fingerprint density at radius 3 is 2.96 bits per heavy atom. The summed E-state index contributed by atoms with van der Waals surface area (Å²) in [5.41, 5.74) is 1.04. The number of fused-ring (bicyclic) bond motifs is 2. The Hall–Kier alpha value is -1.04. The first-order valence-corrected chi connectivity index (χ1v) is 12.6. The van der Waals surface area contributed by atoms with Crippen molar-refractivity contribution in [2.45, 2.75) is 30.2 Å². The van der Waals surface area contributed by atoms with Crippen LogP contribution in [0.1, 0.15) is 18.4 Å². The van der Waals surface area contributed by atoms with Gasteiger partial charge in [0.15, 0.2) is 0 Å². The Balaban J connectivity index is 1.83. The molecule has 10 heteroatoms. The highest BCUT2D eigenvalue weighted by Crippen LogP contribution is 2.50. The summed E-state index contributed by atoms with van der Waals surface area (Å²) in [5, 5.41) is 13.1. The van der Waals surface area contributed by atoms with E-state index < -0.39 is 5.97 Å². The van der Waals surface area contributed by atoms with Crippen LogP contribution in [0, 0.1) is 0 Å². The van der Waals surface area contributed by atoms with E-state index in [1.165, 1.54) is 0 Å². The predicted octanol–water partition coefficient (Wildman–Crippen LogP) is 5.95. The Morgan fingerprint density at radius 1 is 1.43 bits per heavy atom. The molecule has 2 aromatic heterocycles. The lowest BCUT2D eigenvalue weighted by atomic mass is 10.2. The van der Waals surface area contributed by atoms with E-state index >= 15 is 0 Å². The quantitative estimate of drug-likeness (QED) is 0.312. The minimum absolute atomic E-state index is 0.0747. The Bertz CT molecular complexity index is 1070. The minimum Gasteiger partial charge on any atom is -0.477 e. The van der Waals surface area contributed by atoms with Crippen molar-refractivity contribution in [2.24, 2.45) is 0 Å². The molecule has 0 radical (unpaired) electrons. The van der Waals surface area contributed by atoms with Gasteiger partial charge in [-0.1, -0.05) is 57.3 Å². The van der Waals surface area contributed by atoms with Gasteiger partial charge in [0.05, 0.1) is 16.8 Å². The predicted molar refractivity (Wildman–Crippen MR) is 122 cm³/mol. The largest absolute Gasteiger partial charge is 0.477 e. The van der Waals surface area contributed by atoms with E-state index in [0.717, 1.165) is 53.1 Å². The monoisotopic (exact) mass is 515 g/mol. The van der Waals surface area contributed by atoms with E-state index in [9.17, 15) is 14.5 Å². The number of thioether (sulfide) groups is 1. The summed E-state index contributed by atoms with van der Waals surface area (Å²) in [6.45, 7) is 1.96. The number of hydrogen-bond acceptors (Lipinski definition) is 7. The maximum absolute atomic E-state index is 11.4. The molecule has 28 heavy (non-hydrogen) atoms. The zero-order valence-corrected chi connectivity index (χ0v) is 19.5. The second-order valence-corrected chi connectivity index (χ2v) is 10.7. The van der Waals surface area contributed by atoms with Gasteiger partial charge in [-0.2, -0.15) is 4.57 Å². The molecule has 0 fully saturated rings. The van der Waals surface area contributed by atoms with Crippen LogP contribution < -0.4 is 9.47 Å². The molecule has 0 spiro atoms. The molecule has 1 atom stereocenters. The first-order valence-electron chi connectivity index (χ1n) is 8.42. The van der Waals surface area contributed by atoms with E-state index in [0.29, 0.717) is 0 Å². The van der Waals surface area contributed by atoms with Gasteiger partial charge in [-0.15, -0.1) is 0 Å². The number of carboxylic acids is 1. The van der Waals surface area contributed by atoms with E-state index in [2.05, 4.69) is 33.0 Å². The van der Waals surface area contributed by atoms with Gasteiger partial charge >= 0.3 is 5.97 Å². The first-order chi connectivity index (χ1) is 13.5. The molecule has 0 bridgehead atoms. The van der Waals surface area contributed by atoms with Gasteiger partial charge in [0, 0.05) is 21.4 Å². The highest BCUT2D eigenvalue weighted by atomic mass is 79.9. The molecule has 1 aliphatic heterocycles. The Labute approximate surface area is 187 Å². The molecule has 2 N–H and O–H groups in total. The lowest BCUT2D eigenvalue weighted by molar-refractivity contribution is -0.655. The van der Waals surface area contributed by atoms with Crippen molar-refractivity contribution in [1.82, 2.24) is 0 Å². The number of aromatic nitrogens is 1. The normalized spacial score (nSPS) is 16.1. The van der Waals surface area contributed by atoms with Gasteiger partial charge in [0.25, 0.3) is 9.84 Å². The molecule has 146 valence electrons. The van der Waals surface area contributed by atoms with E-state index in [-0.39, 0.29) is 11.9 Å². The van der Waals surface area contributed by atoms with Crippen molar-refractivity contribution in [1.29, 1.82) is 0 Å². The lowest BCUT2D eigenvalue weighted by Crippen LogP contribution is -2.39. The zero-order valence-electron chi connectivity index (χ0n) is 14.7. The van der Waals surface area contributed by atoms with Gasteiger partial charge in [-0.05, 0) is 36.1 Å². The van der Waals surface area contributed by atoms with Crippen molar-refractivity contribution in [2.75, 3.05) is 4.90 Å². The number of benzene rings is 1. The number of carbonyl (C=O) groups is 1. The van der Waals surface area contributed by atoms with E-state index in [4.69, 9.17) is 0 Å². The standard InChI is InChI=1S/C18H15BrN2O3S4/c1-2-14(28-24)21-11-7-10(19)3-4-12(11)26-16(21)8-15-20(9-17(22)23)18-13(27-15)5-6-25-18/h3-8,14H,2,9H2,1H3,(H-,22,23,24)/p+1. The molecule has 0 saturated carbocycles. The SMILES string of the molecule is CCC(SO)N1C(=Cc2sc3ccsc3[n+]2CC(=O)O)Sc2ccc(Br)cc21. The maximum atomic E-state index is 11.4. The lowest BCUT2D eigenvalue weighted by Gasteiger charge is -2.27. The second-order valence-electron chi connectivity index (χ2n) is 6.05. The molecule has 0 amide bonds. The number of hydrogen-bond donors (Lipinski definition) is 2. The Morgan fingerprint density at radius 2 is 2.25 bits per heavy atom. The van der Waals surface area contributed by atoms with Crippen LogP contribution in [0.2, 0.25) is 0 Å². The van der Waals surface area contributed by atoms with Crippen LogP contribution in [-0.4, -0.2) is 21.0 Å². The number of thiophene rings is 1. The molecule has 0 aliphatic carbocycles. The van der Waals surface area contributed by atoms with Crippen molar-refractivity contribution >= 4 is 89.7 Å². The number of thiazole rings is 1. The van der Waals surface area contributed by atoms with Crippen molar-refractivity contribution in [3.63, 3.8) is 0 Å². The van der Waals surface area contributed by atoms with Crippen molar-refractivity contribution in [3.05, 3.63) is 44.2 Å². The fraction of sp³-hybridized carbons (Fsp3) is 0.222. The summed E-state index contributed by atoms with van der Waals surface area (Å²) in [7, 11) is 0. The van der Waals surface area contributed by atoms with Gasteiger partial charge in [-0.3, -0.25) is 0 Å². The summed E-state index contributed by atoms with van der Waals surface area (Å²) in [6.07, 6.45) is 2.80. The summed E-state index contributed by atoms with van der Waals surface area (Å²) in [6, 6.07) is 8.14. The van der Waals surface area contributed by atoms with Crippen LogP contribution in [0.5, 0.6) is 0 Å². The average Bonchev–Trinajstić information content (AvgIpc) is 3.32. The molecular weight excluding hydrogens is 500 g/mol. The topological polar surface area (TPSA) is 64.7 Å². The number of nitrogens with zero attached hydrogens (tertiary/aromatic N) is 2. The number of halogens is 1. The zero-order chi connectivity index (χ0) is 19.8. The van der Waals surface area contributed by atoms with Crippen LogP contribution in [0.15, 0.2) is 44.0 Å². The van der Waals surface area contributed by atoms with Gasteiger partial charge in [0.1, 0.15) is 10.1 Å². The highest BCUT2D eigenvalue weighted by molar-refractivity contribution is 9.10. The van der Waals surface area contributed by atoms with Crippen molar-refractivity contribution in [3.8, 4) is 0 Å². The number of carboxylic acid groups (broad SMARTS) is 1. The van der Waals surface area contributed by atoms with Crippen LogP contribution in [-0.2, 0) is 11.3 Å². The minimum atomic E-state index is -0.863. The molecule has 1 unspecified atom stereocenters. The van der Waals surface area contributed by atoms with Crippen LogP contribution in [0.4, 0.5) is 5.69 Å². The van der Waals surface area contributed by atoms with E-state index in [1.54, 1.807) is 34.4 Å². The molecule has 3 heterocycles. The third kappa shape index (κ3) is 3.73. The van der Waals surface area contributed by atoms with Gasteiger partial charge in [0.2, 0.25) is 6.54 Å². The summed E-state index contributed by atoms with van der Waals surface area (Å²) in [5.74, 6) is -0.863. The van der Waals surface area contributed by atoms with Crippen molar-refractivity contribution < 1.29 is 19.0 Å². The van der Waals surface area contributed by atoms with Crippen LogP contribution >= 0.6 is 62.4 Å². The number of rotatable bonds is 6. The molecule has 4 rings (SSSR count).